The number of para-hydroxylation sites is 3. The Labute approximate surface area is 349 Å². The van der Waals surface area contributed by atoms with E-state index in [1.807, 2.05) is 60.7 Å². The van der Waals surface area contributed by atoms with Crippen molar-refractivity contribution in [1.29, 1.82) is 0 Å². The molecule has 0 radical (unpaired) electrons. The fourth-order valence-corrected chi connectivity index (χ4v) is 9.41. The first kappa shape index (κ1) is 33.6. The first-order chi connectivity index (χ1) is 30.2. The van der Waals surface area contributed by atoms with E-state index in [1.165, 1.54) is 32.6 Å². The molecule has 0 amide bonds. The summed E-state index contributed by atoms with van der Waals surface area (Å²) in [5.74, 6) is 1.77. The second-order valence-electron chi connectivity index (χ2n) is 15.6. The van der Waals surface area contributed by atoms with E-state index < -0.39 is 0 Å². The minimum absolute atomic E-state index is 0.559. The molecule has 0 unspecified atom stereocenters. The van der Waals surface area contributed by atoms with Crippen LogP contribution in [0.2, 0.25) is 0 Å². The van der Waals surface area contributed by atoms with Crippen LogP contribution in [0.1, 0.15) is 0 Å². The van der Waals surface area contributed by atoms with Crippen molar-refractivity contribution in [2.45, 2.75) is 0 Å². The maximum absolute atomic E-state index is 7.06. The summed E-state index contributed by atoms with van der Waals surface area (Å²) in [5.41, 5.74) is 11.0. The molecular weight excluding hydrogens is 747 g/mol. The molecule has 6 nitrogen and oxygen atoms in total. The number of benzene rings is 9. The van der Waals surface area contributed by atoms with E-state index in [0.717, 1.165) is 71.8 Å². The fourth-order valence-electron chi connectivity index (χ4n) is 9.41. The molecule has 0 N–H and O–H groups in total. The van der Waals surface area contributed by atoms with Crippen molar-refractivity contribution in [3.8, 4) is 45.5 Å². The Morgan fingerprint density at radius 2 is 0.852 bits per heavy atom. The normalized spacial score (nSPS) is 11.9. The molecule has 0 aliphatic heterocycles. The highest BCUT2D eigenvalue weighted by Crippen LogP contribution is 2.43. The molecule has 0 bridgehead atoms. The summed E-state index contributed by atoms with van der Waals surface area (Å²) in [7, 11) is 0. The van der Waals surface area contributed by atoms with Crippen molar-refractivity contribution in [2.24, 2.45) is 0 Å². The van der Waals surface area contributed by atoms with Crippen LogP contribution in [0.3, 0.4) is 0 Å². The first-order valence-electron chi connectivity index (χ1n) is 20.5. The molecule has 4 heterocycles. The van der Waals surface area contributed by atoms with Gasteiger partial charge in [0.2, 0.25) is 0 Å². The van der Waals surface area contributed by atoms with Crippen LogP contribution in [-0.4, -0.2) is 24.1 Å². The summed E-state index contributed by atoms with van der Waals surface area (Å²) in [6, 6.07) is 70.3. The summed E-state index contributed by atoms with van der Waals surface area (Å²) in [6.07, 6.45) is 0. The van der Waals surface area contributed by atoms with Gasteiger partial charge in [0, 0.05) is 60.9 Å². The van der Waals surface area contributed by atoms with E-state index in [1.54, 1.807) is 0 Å². The molecule has 0 spiro atoms. The summed E-state index contributed by atoms with van der Waals surface area (Å²) in [5, 5.41) is 9.08. The van der Waals surface area contributed by atoms with Gasteiger partial charge in [-0.25, -0.2) is 15.0 Å². The number of hydrogen-bond donors (Lipinski definition) is 0. The van der Waals surface area contributed by atoms with Crippen molar-refractivity contribution in [3.63, 3.8) is 0 Å². The van der Waals surface area contributed by atoms with E-state index in [9.17, 15) is 0 Å². The third-order valence-corrected chi connectivity index (χ3v) is 12.1. The van der Waals surface area contributed by atoms with Gasteiger partial charge in [0.25, 0.3) is 0 Å². The molecule has 6 heteroatoms. The molecule has 0 atom stereocenters. The van der Waals surface area contributed by atoms with Gasteiger partial charge in [-0.05, 0) is 65.4 Å². The van der Waals surface area contributed by atoms with Crippen molar-refractivity contribution in [3.05, 3.63) is 200 Å². The van der Waals surface area contributed by atoms with Crippen molar-refractivity contribution in [2.75, 3.05) is 0 Å². The summed E-state index contributed by atoms with van der Waals surface area (Å²) >= 11 is 0. The average molecular weight is 780 g/mol. The third kappa shape index (κ3) is 5.12. The SMILES string of the molecule is c1ccc(-c2nc(-c3ccccc3)nc(-c3cc4ccccc4c4c3oc3cc(-n5c6ccccc6c6cc7c(cc65)c5ccccc5n7-c5ccccc5)ccc34)n2)cc1. The number of aromatic nitrogens is 5. The second kappa shape index (κ2) is 13.1. The second-order valence-corrected chi connectivity index (χ2v) is 15.6. The quantitative estimate of drug-likeness (QED) is 0.175. The van der Waals surface area contributed by atoms with Crippen molar-refractivity contribution < 1.29 is 4.42 Å². The van der Waals surface area contributed by atoms with Crippen molar-refractivity contribution >= 4 is 76.3 Å². The molecule has 0 fully saturated rings. The molecule has 0 saturated heterocycles. The zero-order chi connectivity index (χ0) is 40.0. The van der Waals surface area contributed by atoms with Crippen LogP contribution in [-0.2, 0) is 0 Å². The molecule has 0 saturated carbocycles. The molecule has 284 valence electrons. The standard InChI is InChI=1S/C55H33N5O/c1-4-16-34(17-5-1)53-56-54(35-18-6-2-7-19-35)58-55(57-53)45-30-36-20-10-11-23-39(36)51-42-29-28-38(31-50(42)61-52(45)51)60-47-27-15-13-25-41(47)44-32-48-43(33-49(44)60)40-24-12-14-26-46(40)59(48)37-21-8-3-9-22-37/h1-33H. The number of furan rings is 1. The first-order valence-corrected chi connectivity index (χ1v) is 20.5. The Kier molecular flexibility index (Phi) is 7.21. The molecule has 9 aromatic carbocycles. The summed E-state index contributed by atoms with van der Waals surface area (Å²) in [4.78, 5) is 15.2. The lowest BCUT2D eigenvalue weighted by molar-refractivity contribution is 0.669. The van der Waals surface area contributed by atoms with Crippen LogP contribution in [0.5, 0.6) is 0 Å². The van der Waals surface area contributed by atoms with E-state index >= 15 is 0 Å². The van der Waals surface area contributed by atoms with Crippen LogP contribution in [0.15, 0.2) is 205 Å². The fraction of sp³-hybridized carbons (Fsp3) is 0. The number of fused-ring (bicyclic) bond motifs is 11. The molecule has 13 aromatic rings. The largest absolute Gasteiger partial charge is 0.455 e. The average Bonchev–Trinajstić information content (AvgIpc) is 3.98. The van der Waals surface area contributed by atoms with Crippen LogP contribution < -0.4 is 0 Å². The highest BCUT2D eigenvalue weighted by molar-refractivity contribution is 6.23. The third-order valence-electron chi connectivity index (χ3n) is 12.1. The Morgan fingerprint density at radius 1 is 0.344 bits per heavy atom. The summed E-state index contributed by atoms with van der Waals surface area (Å²) in [6.45, 7) is 0. The number of hydrogen-bond acceptors (Lipinski definition) is 4. The highest BCUT2D eigenvalue weighted by atomic mass is 16.3. The van der Waals surface area contributed by atoms with Gasteiger partial charge in [-0.1, -0.05) is 140 Å². The minimum atomic E-state index is 0.559. The maximum Gasteiger partial charge on any atom is 0.167 e. The molecule has 0 aliphatic carbocycles. The van der Waals surface area contributed by atoms with Crippen molar-refractivity contribution in [1.82, 2.24) is 24.1 Å². The van der Waals surface area contributed by atoms with Gasteiger partial charge in [0.15, 0.2) is 17.5 Å². The maximum atomic E-state index is 7.06. The molecular formula is C55H33N5O. The van der Waals surface area contributed by atoms with Gasteiger partial charge in [-0.15, -0.1) is 0 Å². The lowest BCUT2D eigenvalue weighted by atomic mass is 9.99. The van der Waals surface area contributed by atoms with E-state index in [-0.39, 0.29) is 0 Å². The molecule has 13 rings (SSSR count). The van der Waals surface area contributed by atoms with Gasteiger partial charge in [0.1, 0.15) is 11.2 Å². The predicted molar refractivity (Wildman–Crippen MR) is 250 cm³/mol. The molecule has 4 aromatic heterocycles. The Balaban J connectivity index is 1.07. The van der Waals surface area contributed by atoms with Crippen LogP contribution in [0.25, 0.3) is 122 Å². The predicted octanol–water partition coefficient (Wildman–Crippen LogP) is 14.1. The van der Waals surface area contributed by atoms with Gasteiger partial charge >= 0.3 is 0 Å². The molecule has 61 heavy (non-hydrogen) atoms. The van der Waals surface area contributed by atoms with Gasteiger partial charge in [0.05, 0.1) is 27.6 Å². The topological polar surface area (TPSA) is 61.7 Å². The van der Waals surface area contributed by atoms with Crippen LogP contribution in [0, 0.1) is 0 Å². The number of rotatable bonds is 5. The zero-order valence-electron chi connectivity index (χ0n) is 32.7. The smallest absolute Gasteiger partial charge is 0.167 e. The minimum Gasteiger partial charge on any atom is -0.455 e. The Hall–Kier alpha value is -8.35. The number of nitrogens with zero attached hydrogens (tertiary/aromatic N) is 5. The van der Waals surface area contributed by atoms with Gasteiger partial charge < -0.3 is 13.6 Å². The lowest BCUT2D eigenvalue weighted by Gasteiger charge is -2.10. The van der Waals surface area contributed by atoms with E-state index in [2.05, 4.69) is 149 Å². The van der Waals surface area contributed by atoms with Crippen LogP contribution >= 0.6 is 0 Å². The highest BCUT2D eigenvalue weighted by Gasteiger charge is 2.23. The van der Waals surface area contributed by atoms with Crippen LogP contribution in [0.4, 0.5) is 0 Å². The van der Waals surface area contributed by atoms with Gasteiger partial charge in [-0.3, -0.25) is 0 Å². The Bertz CT molecular complexity index is 3810. The molecule has 0 aliphatic rings. The lowest BCUT2D eigenvalue weighted by Crippen LogP contribution is -2.00. The Morgan fingerprint density at radius 3 is 1.48 bits per heavy atom. The summed E-state index contributed by atoms with van der Waals surface area (Å²) < 4.78 is 11.8. The monoisotopic (exact) mass is 779 g/mol. The zero-order valence-corrected chi connectivity index (χ0v) is 32.7. The van der Waals surface area contributed by atoms with E-state index in [0.29, 0.717) is 17.5 Å². The van der Waals surface area contributed by atoms with Gasteiger partial charge in [-0.2, -0.15) is 0 Å². The van der Waals surface area contributed by atoms with E-state index in [4.69, 9.17) is 19.4 Å².